The van der Waals surface area contributed by atoms with Gasteiger partial charge >= 0.3 is 0 Å². The zero-order valence-electron chi connectivity index (χ0n) is 15.7. The second-order valence-corrected chi connectivity index (χ2v) is 6.87. The molecule has 1 amide bonds. The number of amides is 1. The van der Waals surface area contributed by atoms with E-state index in [1.807, 2.05) is 66.7 Å². The Labute approximate surface area is 160 Å². The van der Waals surface area contributed by atoms with Gasteiger partial charge in [0.2, 0.25) is 5.91 Å². The van der Waals surface area contributed by atoms with Gasteiger partial charge in [-0.3, -0.25) is 9.78 Å². The molecule has 0 bridgehead atoms. The maximum Gasteiger partial charge on any atom is 0.241 e. The van der Waals surface area contributed by atoms with Crippen molar-refractivity contribution in [3.8, 4) is 11.1 Å². The Balaban J connectivity index is 1.75. The number of benzene rings is 2. The first-order valence-electron chi connectivity index (χ1n) is 9.23. The van der Waals surface area contributed by atoms with Crippen molar-refractivity contribution in [3.63, 3.8) is 0 Å². The first-order chi connectivity index (χ1) is 13.1. The third kappa shape index (κ3) is 5.50. The van der Waals surface area contributed by atoms with Gasteiger partial charge in [-0.15, -0.1) is 0 Å². The predicted molar refractivity (Wildman–Crippen MR) is 111 cm³/mol. The van der Waals surface area contributed by atoms with Crippen molar-refractivity contribution in [2.45, 2.75) is 32.4 Å². The summed E-state index contributed by atoms with van der Waals surface area (Å²) in [6.07, 6.45) is 4.18. The molecule has 3 aromatic rings. The fourth-order valence-electron chi connectivity index (χ4n) is 3.03. The number of nitrogens with zero attached hydrogens (tertiary/aromatic N) is 1. The molecule has 0 saturated carbocycles. The molecule has 1 unspecified atom stereocenters. The fraction of sp³-hybridized carbons (Fsp3) is 0.217. The van der Waals surface area contributed by atoms with E-state index in [-0.39, 0.29) is 18.0 Å². The zero-order valence-corrected chi connectivity index (χ0v) is 15.7. The normalized spacial score (nSPS) is 12.0. The molecule has 3 rings (SSSR count). The van der Waals surface area contributed by atoms with Gasteiger partial charge in [-0.2, -0.15) is 0 Å². The third-order valence-corrected chi connectivity index (χ3v) is 4.28. The average molecular weight is 359 g/mol. The van der Waals surface area contributed by atoms with Crippen molar-refractivity contribution in [3.05, 3.63) is 84.7 Å². The molecule has 1 heterocycles. The summed E-state index contributed by atoms with van der Waals surface area (Å²) in [5.41, 5.74) is 4.04. The first-order valence-corrected chi connectivity index (χ1v) is 9.23. The van der Waals surface area contributed by atoms with E-state index in [2.05, 4.69) is 29.5 Å². The molecule has 0 aliphatic heterocycles. The molecule has 1 atom stereocenters. The Kier molecular flexibility index (Phi) is 6.34. The largest absolute Gasteiger partial charge is 0.325 e. The smallest absolute Gasteiger partial charge is 0.241 e. The maximum atomic E-state index is 12.9. The van der Waals surface area contributed by atoms with E-state index in [4.69, 9.17) is 0 Å². The van der Waals surface area contributed by atoms with Crippen molar-refractivity contribution in [2.75, 3.05) is 5.32 Å². The summed E-state index contributed by atoms with van der Waals surface area (Å²) in [6.45, 7) is 4.10. The quantitative estimate of drug-likeness (QED) is 0.661. The van der Waals surface area contributed by atoms with E-state index in [1.165, 1.54) is 0 Å². The van der Waals surface area contributed by atoms with Crippen LogP contribution in [-0.2, 0) is 11.2 Å². The number of carbonyl (C=O) groups is 1. The Morgan fingerprint density at radius 3 is 2.37 bits per heavy atom. The van der Waals surface area contributed by atoms with Crippen LogP contribution in [0.15, 0.2) is 79.1 Å². The van der Waals surface area contributed by atoms with Gasteiger partial charge < -0.3 is 10.6 Å². The van der Waals surface area contributed by atoms with Gasteiger partial charge in [-0.1, -0.05) is 56.3 Å². The molecule has 2 aromatic carbocycles. The SMILES string of the molecule is CC(C)NC(Cc1ccccc1)C(=O)Nc1cccc(-c2ccncc2)c1. The van der Waals surface area contributed by atoms with Gasteiger partial charge in [0, 0.05) is 24.1 Å². The molecule has 0 spiro atoms. The highest BCUT2D eigenvalue weighted by molar-refractivity contribution is 5.95. The van der Waals surface area contributed by atoms with Crippen molar-refractivity contribution < 1.29 is 4.79 Å². The van der Waals surface area contributed by atoms with Gasteiger partial charge in [0.25, 0.3) is 0 Å². The minimum atomic E-state index is -0.294. The number of anilines is 1. The third-order valence-electron chi connectivity index (χ3n) is 4.28. The van der Waals surface area contributed by atoms with E-state index in [1.54, 1.807) is 12.4 Å². The molecule has 0 radical (unpaired) electrons. The minimum Gasteiger partial charge on any atom is -0.325 e. The molecule has 0 saturated heterocycles. The summed E-state index contributed by atoms with van der Waals surface area (Å²) in [5, 5.41) is 6.44. The number of hydrogen-bond acceptors (Lipinski definition) is 3. The van der Waals surface area contributed by atoms with Gasteiger partial charge in [0.1, 0.15) is 0 Å². The molecule has 0 aliphatic carbocycles. The molecular weight excluding hydrogens is 334 g/mol. The summed E-state index contributed by atoms with van der Waals surface area (Å²) in [4.78, 5) is 17.0. The van der Waals surface area contributed by atoms with Crippen LogP contribution in [-0.4, -0.2) is 23.0 Å². The first kappa shape index (κ1) is 18.8. The van der Waals surface area contributed by atoms with Crippen molar-refractivity contribution in [2.24, 2.45) is 0 Å². The van der Waals surface area contributed by atoms with Crippen LogP contribution >= 0.6 is 0 Å². The second kappa shape index (κ2) is 9.10. The summed E-state index contributed by atoms with van der Waals surface area (Å²) in [5.74, 6) is -0.0283. The molecule has 4 heteroatoms. The number of aromatic nitrogens is 1. The van der Waals surface area contributed by atoms with Crippen LogP contribution in [0, 0.1) is 0 Å². The topological polar surface area (TPSA) is 54.0 Å². The molecule has 27 heavy (non-hydrogen) atoms. The zero-order chi connectivity index (χ0) is 19.1. The Morgan fingerprint density at radius 1 is 0.926 bits per heavy atom. The summed E-state index contributed by atoms with van der Waals surface area (Å²) >= 11 is 0. The molecule has 2 N–H and O–H groups in total. The Morgan fingerprint density at radius 2 is 1.67 bits per heavy atom. The molecular formula is C23H25N3O. The maximum absolute atomic E-state index is 12.9. The lowest BCUT2D eigenvalue weighted by atomic mass is 10.0. The van der Waals surface area contributed by atoms with E-state index in [9.17, 15) is 4.79 Å². The fourth-order valence-corrected chi connectivity index (χ4v) is 3.03. The van der Waals surface area contributed by atoms with Crippen LogP contribution in [0.25, 0.3) is 11.1 Å². The second-order valence-electron chi connectivity index (χ2n) is 6.87. The van der Waals surface area contributed by atoms with Crippen LogP contribution in [0.3, 0.4) is 0 Å². The highest BCUT2D eigenvalue weighted by Crippen LogP contribution is 2.22. The van der Waals surface area contributed by atoms with Gasteiger partial charge in [-0.25, -0.2) is 0 Å². The number of hydrogen-bond donors (Lipinski definition) is 2. The van der Waals surface area contributed by atoms with Crippen molar-refractivity contribution in [1.82, 2.24) is 10.3 Å². The molecule has 0 fully saturated rings. The highest BCUT2D eigenvalue weighted by Gasteiger charge is 2.20. The van der Waals surface area contributed by atoms with Crippen molar-refractivity contribution >= 4 is 11.6 Å². The molecule has 4 nitrogen and oxygen atoms in total. The van der Waals surface area contributed by atoms with Crippen LogP contribution in [0.1, 0.15) is 19.4 Å². The predicted octanol–water partition coefficient (Wildman–Crippen LogP) is 4.30. The minimum absolute atomic E-state index is 0.0283. The average Bonchev–Trinajstić information content (AvgIpc) is 2.69. The van der Waals surface area contributed by atoms with Crippen LogP contribution < -0.4 is 10.6 Å². The van der Waals surface area contributed by atoms with E-state index in [0.717, 1.165) is 22.4 Å². The summed E-state index contributed by atoms with van der Waals surface area (Å²) in [6, 6.07) is 21.8. The van der Waals surface area contributed by atoms with Crippen molar-refractivity contribution in [1.29, 1.82) is 0 Å². The van der Waals surface area contributed by atoms with Gasteiger partial charge in [0.15, 0.2) is 0 Å². The lowest BCUT2D eigenvalue weighted by Gasteiger charge is -2.21. The van der Waals surface area contributed by atoms with Crippen LogP contribution in [0.4, 0.5) is 5.69 Å². The summed E-state index contributed by atoms with van der Waals surface area (Å²) in [7, 11) is 0. The highest BCUT2D eigenvalue weighted by atomic mass is 16.2. The molecule has 0 aliphatic rings. The van der Waals surface area contributed by atoms with E-state index < -0.39 is 0 Å². The van der Waals surface area contributed by atoms with Gasteiger partial charge in [-0.05, 0) is 47.4 Å². The summed E-state index contributed by atoms with van der Waals surface area (Å²) < 4.78 is 0. The monoisotopic (exact) mass is 359 g/mol. The number of rotatable bonds is 7. The number of pyridine rings is 1. The van der Waals surface area contributed by atoms with Crippen LogP contribution in [0.2, 0.25) is 0 Å². The van der Waals surface area contributed by atoms with E-state index >= 15 is 0 Å². The van der Waals surface area contributed by atoms with Crippen LogP contribution in [0.5, 0.6) is 0 Å². The Bertz CT molecular complexity index is 863. The van der Waals surface area contributed by atoms with E-state index in [0.29, 0.717) is 6.42 Å². The number of nitrogens with one attached hydrogen (secondary N) is 2. The van der Waals surface area contributed by atoms with Gasteiger partial charge in [0.05, 0.1) is 6.04 Å². The molecule has 138 valence electrons. The number of carbonyl (C=O) groups excluding carboxylic acids is 1. The standard InChI is InChI=1S/C23H25N3O/c1-17(2)25-22(15-18-7-4-3-5-8-18)23(27)26-21-10-6-9-20(16-21)19-11-13-24-14-12-19/h3-14,16-17,22,25H,15H2,1-2H3,(H,26,27). The lowest BCUT2D eigenvalue weighted by Crippen LogP contribution is -2.45. The lowest BCUT2D eigenvalue weighted by molar-refractivity contribution is -0.118. The Hall–Kier alpha value is -2.98. The molecule has 1 aromatic heterocycles.